The molecule has 1 aromatic heterocycles. The van der Waals surface area contributed by atoms with Gasteiger partial charge in [0.2, 0.25) is 0 Å². The lowest BCUT2D eigenvalue weighted by Crippen LogP contribution is -2.17. The average molecular weight is 451 g/mol. The van der Waals surface area contributed by atoms with E-state index in [9.17, 15) is 9.59 Å². The first-order valence-electron chi connectivity index (χ1n) is 10.9. The number of terminal acetylenes is 1. The molecule has 0 fully saturated rings. The molecule has 34 heavy (non-hydrogen) atoms. The molecule has 0 aliphatic rings. The van der Waals surface area contributed by atoms with Gasteiger partial charge in [0, 0.05) is 29.7 Å². The molecule has 1 amide bonds. The number of carbonyl (C=O) groups excluding carboxylic acids is 1. The summed E-state index contributed by atoms with van der Waals surface area (Å²) in [5.41, 5.74) is 4.73. The Balaban J connectivity index is 1.59. The Morgan fingerprint density at radius 3 is 2.59 bits per heavy atom. The lowest BCUT2D eigenvalue weighted by atomic mass is 9.85. The van der Waals surface area contributed by atoms with Crippen LogP contribution in [0.25, 0.3) is 10.9 Å². The van der Waals surface area contributed by atoms with E-state index in [1.807, 2.05) is 69.3 Å². The molecule has 1 heterocycles. The summed E-state index contributed by atoms with van der Waals surface area (Å²) >= 11 is 0. The van der Waals surface area contributed by atoms with Crippen molar-refractivity contribution >= 4 is 33.9 Å². The SMILES string of the molecule is C#CC(C)(C)c1cccc(C(=O)Nc2ccc(C)c(Nc3ccc4ncn(C)c(=O)c4c3)c2)c1. The van der Waals surface area contributed by atoms with Gasteiger partial charge in [0.1, 0.15) is 0 Å². The van der Waals surface area contributed by atoms with Crippen LogP contribution in [0.15, 0.2) is 71.8 Å². The number of fused-ring (bicyclic) bond motifs is 1. The van der Waals surface area contributed by atoms with Gasteiger partial charge in [-0.25, -0.2) is 4.98 Å². The highest BCUT2D eigenvalue weighted by molar-refractivity contribution is 6.04. The van der Waals surface area contributed by atoms with Gasteiger partial charge in [-0.2, -0.15) is 0 Å². The normalized spacial score (nSPS) is 11.1. The Morgan fingerprint density at radius 1 is 1.06 bits per heavy atom. The average Bonchev–Trinajstić information content (AvgIpc) is 2.84. The Morgan fingerprint density at radius 2 is 1.82 bits per heavy atom. The minimum Gasteiger partial charge on any atom is -0.355 e. The number of carbonyl (C=O) groups is 1. The highest BCUT2D eigenvalue weighted by Crippen LogP contribution is 2.27. The summed E-state index contributed by atoms with van der Waals surface area (Å²) < 4.78 is 1.45. The zero-order chi connectivity index (χ0) is 24.5. The van der Waals surface area contributed by atoms with E-state index in [0.29, 0.717) is 22.2 Å². The second kappa shape index (κ2) is 8.87. The third-order valence-electron chi connectivity index (χ3n) is 5.90. The summed E-state index contributed by atoms with van der Waals surface area (Å²) in [5.74, 6) is 2.55. The molecule has 170 valence electrons. The van der Waals surface area contributed by atoms with Crippen molar-refractivity contribution in [2.45, 2.75) is 26.2 Å². The Labute approximate surface area is 198 Å². The van der Waals surface area contributed by atoms with Gasteiger partial charge in [-0.05, 0) is 74.4 Å². The van der Waals surface area contributed by atoms with E-state index in [2.05, 4.69) is 21.5 Å². The number of anilines is 3. The summed E-state index contributed by atoms with van der Waals surface area (Å²) in [7, 11) is 1.67. The second-order valence-corrected chi connectivity index (χ2v) is 8.85. The van der Waals surface area contributed by atoms with Crippen molar-refractivity contribution in [2.75, 3.05) is 10.6 Å². The molecule has 2 N–H and O–H groups in total. The smallest absolute Gasteiger partial charge is 0.260 e. The van der Waals surface area contributed by atoms with Crippen LogP contribution in [0.4, 0.5) is 17.1 Å². The largest absolute Gasteiger partial charge is 0.355 e. The Kier molecular flexibility index (Phi) is 5.95. The molecule has 6 nitrogen and oxygen atoms in total. The van der Waals surface area contributed by atoms with Crippen LogP contribution >= 0.6 is 0 Å². The van der Waals surface area contributed by atoms with Crippen LogP contribution in [0.1, 0.15) is 35.3 Å². The number of benzene rings is 3. The predicted octanol–water partition coefficient (Wildman–Crippen LogP) is 5.15. The summed E-state index contributed by atoms with van der Waals surface area (Å²) in [6.07, 6.45) is 7.16. The van der Waals surface area contributed by atoms with Crippen LogP contribution in [0.2, 0.25) is 0 Å². The molecule has 0 unspecified atom stereocenters. The third-order valence-corrected chi connectivity index (χ3v) is 5.90. The summed E-state index contributed by atoms with van der Waals surface area (Å²) in [5, 5.41) is 6.85. The van der Waals surface area contributed by atoms with Gasteiger partial charge in [-0.15, -0.1) is 6.42 Å². The van der Waals surface area contributed by atoms with Crippen molar-refractivity contribution in [2.24, 2.45) is 7.05 Å². The van der Waals surface area contributed by atoms with Crippen molar-refractivity contribution in [3.05, 3.63) is 94.0 Å². The first-order valence-corrected chi connectivity index (χ1v) is 10.9. The van der Waals surface area contributed by atoms with Gasteiger partial charge in [0.15, 0.2) is 0 Å². The molecular weight excluding hydrogens is 424 g/mol. The van der Waals surface area contributed by atoms with E-state index >= 15 is 0 Å². The van der Waals surface area contributed by atoms with E-state index in [4.69, 9.17) is 6.42 Å². The van der Waals surface area contributed by atoms with Crippen LogP contribution in [-0.4, -0.2) is 15.5 Å². The first-order chi connectivity index (χ1) is 16.2. The number of hydrogen-bond acceptors (Lipinski definition) is 4. The van der Waals surface area contributed by atoms with Gasteiger partial charge < -0.3 is 15.2 Å². The molecule has 0 atom stereocenters. The summed E-state index contributed by atoms with van der Waals surface area (Å²) in [6, 6.07) is 18.5. The summed E-state index contributed by atoms with van der Waals surface area (Å²) in [6.45, 7) is 5.86. The summed E-state index contributed by atoms with van der Waals surface area (Å²) in [4.78, 5) is 29.7. The van der Waals surface area contributed by atoms with Crippen LogP contribution < -0.4 is 16.2 Å². The maximum Gasteiger partial charge on any atom is 0.260 e. The van der Waals surface area contributed by atoms with E-state index in [1.165, 1.54) is 10.9 Å². The number of nitrogens with zero attached hydrogens (tertiary/aromatic N) is 2. The number of rotatable bonds is 5. The second-order valence-electron chi connectivity index (χ2n) is 8.85. The molecule has 0 saturated carbocycles. The van der Waals surface area contributed by atoms with Crippen molar-refractivity contribution in [3.8, 4) is 12.3 Å². The number of aryl methyl sites for hydroxylation is 2. The number of nitrogens with one attached hydrogen (secondary N) is 2. The van der Waals surface area contributed by atoms with Gasteiger partial charge in [0.25, 0.3) is 11.5 Å². The van der Waals surface area contributed by atoms with Crippen LogP contribution in [-0.2, 0) is 12.5 Å². The van der Waals surface area contributed by atoms with Gasteiger partial charge in [0.05, 0.1) is 22.6 Å². The molecule has 0 bridgehead atoms. The standard InChI is InChI=1S/C28H26N4O2/c1-6-28(3,4)20-9-7-8-19(14-20)26(33)31-22-11-10-18(2)25(16-22)30-21-12-13-24-23(15-21)27(34)32(5)17-29-24/h1,7-17,30H,2-5H3,(H,31,33). The Hall–Kier alpha value is -4.37. The monoisotopic (exact) mass is 450 g/mol. The highest BCUT2D eigenvalue weighted by atomic mass is 16.1. The molecule has 6 heteroatoms. The molecule has 4 aromatic rings. The highest BCUT2D eigenvalue weighted by Gasteiger charge is 2.18. The van der Waals surface area contributed by atoms with Crippen molar-refractivity contribution in [1.82, 2.24) is 9.55 Å². The molecule has 0 aliphatic carbocycles. The predicted molar refractivity (Wildman–Crippen MR) is 138 cm³/mol. The van der Waals surface area contributed by atoms with Crippen molar-refractivity contribution in [1.29, 1.82) is 0 Å². The fourth-order valence-electron chi connectivity index (χ4n) is 3.61. The lowest BCUT2D eigenvalue weighted by molar-refractivity contribution is 0.102. The number of amides is 1. The molecule has 4 rings (SSSR count). The van der Waals surface area contributed by atoms with Crippen LogP contribution in [0, 0.1) is 19.3 Å². The maximum atomic E-state index is 12.9. The minimum absolute atomic E-state index is 0.110. The van der Waals surface area contributed by atoms with Gasteiger partial charge in [-0.3, -0.25) is 9.59 Å². The molecule has 0 radical (unpaired) electrons. The number of aromatic nitrogens is 2. The molecular formula is C28H26N4O2. The van der Waals surface area contributed by atoms with Crippen LogP contribution in [0.5, 0.6) is 0 Å². The third kappa shape index (κ3) is 4.55. The number of hydrogen-bond donors (Lipinski definition) is 2. The minimum atomic E-state index is -0.465. The van der Waals surface area contributed by atoms with E-state index in [-0.39, 0.29) is 11.5 Å². The van der Waals surface area contributed by atoms with E-state index in [0.717, 1.165) is 22.5 Å². The fraction of sp³-hybridized carbons (Fsp3) is 0.179. The van der Waals surface area contributed by atoms with E-state index < -0.39 is 5.41 Å². The zero-order valence-corrected chi connectivity index (χ0v) is 19.6. The first kappa shape index (κ1) is 22.8. The van der Waals surface area contributed by atoms with E-state index in [1.54, 1.807) is 19.2 Å². The Bertz CT molecular complexity index is 1510. The quantitative estimate of drug-likeness (QED) is 0.413. The molecule has 0 spiro atoms. The van der Waals surface area contributed by atoms with Gasteiger partial charge in [-0.1, -0.05) is 24.1 Å². The van der Waals surface area contributed by atoms with Gasteiger partial charge >= 0.3 is 0 Å². The lowest BCUT2D eigenvalue weighted by Gasteiger charge is -2.19. The molecule has 0 saturated heterocycles. The van der Waals surface area contributed by atoms with Crippen molar-refractivity contribution in [3.63, 3.8) is 0 Å². The topological polar surface area (TPSA) is 76.0 Å². The fourth-order valence-corrected chi connectivity index (χ4v) is 3.61. The van der Waals surface area contributed by atoms with Crippen LogP contribution in [0.3, 0.4) is 0 Å². The molecule has 0 aliphatic heterocycles. The van der Waals surface area contributed by atoms with Crippen molar-refractivity contribution < 1.29 is 4.79 Å². The maximum absolute atomic E-state index is 12.9. The molecule has 3 aromatic carbocycles. The zero-order valence-electron chi connectivity index (χ0n) is 19.6.